The lowest BCUT2D eigenvalue weighted by Gasteiger charge is -2.11. The molecule has 0 aliphatic carbocycles. The average molecular weight is 309 g/mol. The first-order valence-corrected chi connectivity index (χ1v) is 8.31. The Morgan fingerprint density at radius 1 is 0.864 bits per heavy atom. The molecule has 0 aromatic heterocycles. The van der Waals surface area contributed by atoms with E-state index in [0.717, 1.165) is 16.3 Å². The first kappa shape index (κ1) is 14.4. The predicted molar refractivity (Wildman–Crippen MR) is 91.3 cm³/mol. The van der Waals surface area contributed by atoms with Gasteiger partial charge in [0.25, 0.3) is 10.0 Å². The molecule has 0 unspecified atom stereocenters. The van der Waals surface area contributed by atoms with Crippen molar-refractivity contribution in [2.45, 2.75) is 4.90 Å². The largest absolute Gasteiger partial charge is 0.279 e. The van der Waals surface area contributed by atoms with Gasteiger partial charge in [-0.25, -0.2) is 8.42 Å². The van der Waals surface area contributed by atoms with Crippen molar-refractivity contribution in [3.05, 3.63) is 78.9 Å². The van der Waals surface area contributed by atoms with Gasteiger partial charge in [-0.2, -0.15) is 0 Å². The Hall–Kier alpha value is -2.59. The minimum absolute atomic E-state index is 0.228. The van der Waals surface area contributed by atoms with Gasteiger partial charge in [-0.3, -0.25) is 4.72 Å². The molecular weight excluding hydrogens is 294 g/mol. The second kappa shape index (κ2) is 5.66. The molecule has 4 heteroatoms. The summed E-state index contributed by atoms with van der Waals surface area (Å²) in [6.07, 6.45) is 1.68. The molecular formula is C18H15NO2S. The fourth-order valence-corrected chi connectivity index (χ4v) is 3.38. The van der Waals surface area contributed by atoms with Gasteiger partial charge in [-0.1, -0.05) is 61.2 Å². The highest BCUT2D eigenvalue weighted by Crippen LogP contribution is 2.25. The molecule has 0 aliphatic heterocycles. The summed E-state index contributed by atoms with van der Waals surface area (Å²) < 4.78 is 27.7. The van der Waals surface area contributed by atoms with Crippen LogP contribution in [0.15, 0.2) is 78.2 Å². The molecule has 0 heterocycles. The van der Waals surface area contributed by atoms with Crippen LogP contribution in [0.1, 0.15) is 5.56 Å². The second-order valence-electron chi connectivity index (χ2n) is 4.91. The number of hydrogen-bond acceptors (Lipinski definition) is 2. The van der Waals surface area contributed by atoms with Gasteiger partial charge in [-0.15, -0.1) is 0 Å². The Morgan fingerprint density at radius 2 is 1.55 bits per heavy atom. The molecule has 0 amide bonds. The van der Waals surface area contributed by atoms with Gasteiger partial charge in [0.05, 0.1) is 10.6 Å². The van der Waals surface area contributed by atoms with Gasteiger partial charge < -0.3 is 0 Å². The van der Waals surface area contributed by atoms with Crippen LogP contribution < -0.4 is 4.72 Å². The maximum absolute atomic E-state index is 12.5. The Bertz CT molecular complexity index is 923. The summed E-state index contributed by atoms with van der Waals surface area (Å²) in [7, 11) is -3.61. The quantitative estimate of drug-likeness (QED) is 0.781. The van der Waals surface area contributed by atoms with Gasteiger partial charge in [0.1, 0.15) is 0 Å². The third-order valence-corrected chi connectivity index (χ3v) is 4.84. The number of nitrogens with one attached hydrogen (secondary N) is 1. The van der Waals surface area contributed by atoms with Crippen molar-refractivity contribution in [3.63, 3.8) is 0 Å². The predicted octanol–water partition coefficient (Wildman–Crippen LogP) is 4.28. The van der Waals surface area contributed by atoms with Gasteiger partial charge in [0, 0.05) is 5.39 Å². The lowest BCUT2D eigenvalue weighted by atomic mass is 10.1. The van der Waals surface area contributed by atoms with E-state index in [2.05, 4.69) is 11.3 Å². The number of hydrogen-bond donors (Lipinski definition) is 1. The Labute approximate surface area is 130 Å². The molecule has 3 aromatic rings. The molecule has 0 bridgehead atoms. The summed E-state index contributed by atoms with van der Waals surface area (Å²) in [5.41, 5.74) is 1.45. The summed E-state index contributed by atoms with van der Waals surface area (Å²) >= 11 is 0. The van der Waals surface area contributed by atoms with E-state index >= 15 is 0 Å². The minimum atomic E-state index is -3.61. The number of rotatable bonds is 4. The number of benzene rings is 3. The van der Waals surface area contributed by atoms with Crippen LogP contribution >= 0.6 is 0 Å². The van der Waals surface area contributed by atoms with Crippen LogP contribution in [0.5, 0.6) is 0 Å². The summed E-state index contributed by atoms with van der Waals surface area (Å²) in [4.78, 5) is 0.228. The number of anilines is 1. The van der Waals surface area contributed by atoms with Gasteiger partial charge in [-0.05, 0) is 29.1 Å². The van der Waals surface area contributed by atoms with Crippen LogP contribution in [0.3, 0.4) is 0 Å². The molecule has 3 nitrogen and oxygen atoms in total. The van der Waals surface area contributed by atoms with Gasteiger partial charge >= 0.3 is 0 Å². The number of fused-ring (bicyclic) bond motifs is 1. The fraction of sp³-hybridized carbons (Fsp3) is 0. The van der Waals surface area contributed by atoms with Crippen molar-refractivity contribution < 1.29 is 8.42 Å². The SMILES string of the molecule is C=Cc1ccc(S(=O)(=O)Nc2cccc3ccccc23)cc1. The Kier molecular flexibility index (Phi) is 3.69. The molecule has 1 N–H and O–H groups in total. The van der Waals surface area contributed by atoms with E-state index < -0.39 is 10.0 Å². The standard InChI is InChI=1S/C18H15NO2S/c1-2-14-10-12-16(13-11-14)22(20,21)19-18-9-5-7-15-6-3-4-8-17(15)18/h2-13,19H,1H2. The van der Waals surface area contributed by atoms with E-state index in [9.17, 15) is 8.42 Å². The Balaban J connectivity index is 2.01. The Morgan fingerprint density at radius 3 is 2.27 bits per heavy atom. The van der Waals surface area contributed by atoms with Crippen molar-refractivity contribution in [2.24, 2.45) is 0 Å². The van der Waals surface area contributed by atoms with E-state index in [-0.39, 0.29) is 4.90 Å². The van der Waals surface area contributed by atoms with Crippen LogP contribution in [-0.2, 0) is 10.0 Å². The molecule has 0 atom stereocenters. The normalized spacial score (nSPS) is 11.3. The summed E-state index contributed by atoms with van der Waals surface area (Å²) in [5, 5.41) is 1.86. The van der Waals surface area contributed by atoms with E-state index in [1.165, 1.54) is 0 Å². The fourth-order valence-electron chi connectivity index (χ4n) is 2.30. The highest BCUT2D eigenvalue weighted by atomic mass is 32.2. The van der Waals surface area contributed by atoms with Crippen LogP contribution in [0.2, 0.25) is 0 Å². The van der Waals surface area contributed by atoms with Crippen molar-refractivity contribution in [1.82, 2.24) is 0 Å². The minimum Gasteiger partial charge on any atom is -0.279 e. The molecule has 0 spiro atoms. The van der Waals surface area contributed by atoms with Crippen molar-refractivity contribution in [2.75, 3.05) is 4.72 Å². The third-order valence-electron chi connectivity index (χ3n) is 3.46. The van der Waals surface area contributed by atoms with E-state index in [1.54, 1.807) is 36.4 Å². The van der Waals surface area contributed by atoms with Crippen molar-refractivity contribution >= 4 is 32.6 Å². The molecule has 0 fully saturated rings. The monoisotopic (exact) mass is 309 g/mol. The highest BCUT2D eigenvalue weighted by molar-refractivity contribution is 7.92. The molecule has 3 rings (SSSR count). The highest BCUT2D eigenvalue weighted by Gasteiger charge is 2.15. The van der Waals surface area contributed by atoms with Gasteiger partial charge in [0.15, 0.2) is 0 Å². The van der Waals surface area contributed by atoms with E-state index in [1.807, 2.05) is 36.4 Å². The molecule has 0 aliphatic rings. The van der Waals surface area contributed by atoms with Gasteiger partial charge in [0.2, 0.25) is 0 Å². The zero-order valence-corrected chi connectivity index (χ0v) is 12.7. The summed E-state index contributed by atoms with van der Waals surface area (Å²) in [6.45, 7) is 3.66. The molecule has 3 aromatic carbocycles. The van der Waals surface area contributed by atoms with E-state index in [0.29, 0.717) is 5.69 Å². The second-order valence-corrected chi connectivity index (χ2v) is 6.59. The molecule has 110 valence electrons. The maximum Gasteiger partial charge on any atom is 0.261 e. The first-order valence-electron chi connectivity index (χ1n) is 6.83. The van der Waals surface area contributed by atoms with Crippen LogP contribution in [0.4, 0.5) is 5.69 Å². The van der Waals surface area contributed by atoms with E-state index in [4.69, 9.17) is 0 Å². The zero-order valence-electron chi connectivity index (χ0n) is 11.9. The van der Waals surface area contributed by atoms with Crippen LogP contribution in [0, 0.1) is 0 Å². The first-order chi connectivity index (χ1) is 10.6. The lowest BCUT2D eigenvalue weighted by Crippen LogP contribution is -2.13. The molecule has 0 radical (unpaired) electrons. The molecule has 22 heavy (non-hydrogen) atoms. The zero-order chi connectivity index (χ0) is 15.6. The van der Waals surface area contributed by atoms with Crippen LogP contribution in [0.25, 0.3) is 16.8 Å². The third kappa shape index (κ3) is 2.73. The number of sulfonamides is 1. The maximum atomic E-state index is 12.5. The van der Waals surface area contributed by atoms with Crippen LogP contribution in [-0.4, -0.2) is 8.42 Å². The molecule has 0 saturated carbocycles. The van der Waals surface area contributed by atoms with Crippen molar-refractivity contribution in [3.8, 4) is 0 Å². The summed E-state index contributed by atoms with van der Waals surface area (Å²) in [5.74, 6) is 0. The lowest BCUT2D eigenvalue weighted by molar-refractivity contribution is 0.601. The molecule has 0 saturated heterocycles. The van der Waals surface area contributed by atoms with Crippen molar-refractivity contribution in [1.29, 1.82) is 0 Å². The topological polar surface area (TPSA) is 46.2 Å². The smallest absolute Gasteiger partial charge is 0.261 e. The average Bonchev–Trinajstić information content (AvgIpc) is 2.55. The summed E-state index contributed by atoms with van der Waals surface area (Å²) in [6, 6.07) is 19.8.